The molecule has 0 saturated carbocycles. The normalized spacial score (nSPS) is 17.8. The quantitative estimate of drug-likeness (QED) is 0.898. The summed E-state index contributed by atoms with van der Waals surface area (Å²) < 4.78 is 5.34. The van der Waals surface area contributed by atoms with Crippen molar-refractivity contribution in [3.05, 3.63) is 39.9 Å². The second-order valence-corrected chi connectivity index (χ2v) is 7.27. The molecule has 1 fully saturated rings. The van der Waals surface area contributed by atoms with Crippen LogP contribution in [0.4, 0.5) is 0 Å². The van der Waals surface area contributed by atoms with Crippen LogP contribution in [0.15, 0.2) is 28.1 Å². The molecule has 1 saturated heterocycles. The van der Waals surface area contributed by atoms with Crippen molar-refractivity contribution in [1.82, 2.24) is 15.0 Å². The van der Waals surface area contributed by atoms with Crippen LogP contribution in [0, 0.1) is 0 Å². The Morgan fingerprint density at radius 1 is 1.54 bits per heavy atom. The SMILES string of the molecule is C[C@H](c1cccs1)N(C)C(=O)c1cc(CN2CCC(O)CC2)on1. The van der Waals surface area contributed by atoms with Crippen molar-refractivity contribution in [2.75, 3.05) is 20.1 Å². The van der Waals surface area contributed by atoms with Crippen LogP contribution in [0.3, 0.4) is 0 Å². The third-order valence-electron chi connectivity index (χ3n) is 4.57. The Kier molecular flexibility index (Phi) is 5.33. The standard InChI is InChI=1S/C17H23N3O3S/c1-12(16-4-3-9-24-16)19(2)17(22)15-10-14(23-18-15)11-20-7-5-13(21)6-8-20/h3-4,9-10,12-13,21H,5-8,11H2,1-2H3/t12-/m1/s1. The molecular formula is C17H23N3O3S. The molecule has 0 bridgehead atoms. The molecule has 0 spiro atoms. The lowest BCUT2D eigenvalue weighted by Gasteiger charge is -2.28. The van der Waals surface area contributed by atoms with Crippen molar-refractivity contribution in [1.29, 1.82) is 0 Å². The predicted octanol–water partition coefficient (Wildman–Crippen LogP) is 2.53. The van der Waals surface area contributed by atoms with E-state index in [-0.39, 0.29) is 18.1 Å². The number of carbonyl (C=O) groups excluding carboxylic acids is 1. The van der Waals surface area contributed by atoms with Crippen molar-refractivity contribution in [3.8, 4) is 0 Å². The number of likely N-dealkylation sites (tertiary alicyclic amines) is 1. The van der Waals surface area contributed by atoms with Gasteiger partial charge in [-0.2, -0.15) is 0 Å². The Balaban J connectivity index is 1.61. The zero-order chi connectivity index (χ0) is 17.1. The number of rotatable bonds is 5. The Labute approximate surface area is 145 Å². The van der Waals surface area contributed by atoms with Crippen molar-refractivity contribution < 1.29 is 14.4 Å². The van der Waals surface area contributed by atoms with Crippen LogP contribution in [-0.4, -0.2) is 52.2 Å². The highest BCUT2D eigenvalue weighted by Crippen LogP contribution is 2.25. The van der Waals surface area contributed by atoms with Gasteiger partial charge >= 0.3 is 0 Å². The minimum Gasteiger partial charge on any atom is -0.393 e. The Hall–Kier alpha value is -1.70. The topological polar surface area (TPSA) is 69.8 Å². The second kappa shape index (κ2) is 7.46. The van der Waals surface area contributed by atoms with Gasteiger partial charge in [-0.15, -0.1) is 11.3 Å². The lowest BCUT2D eigenvalue weighted by molar-refractivity contribution is 0.0726. The first-order valence-corrected chi connectivity index (χ1v) is 9.09. The lowest BCUT2D eigenvalue weighted by Crippen LogP contribution is -2.35. The highest BCUT2D eigenvalue weighted by atomic mass is 32.1. The second-order valence-electron chi connectivity index (χ2n) is 6.29. The third-order valence-corrected chi connectivity index (χ3v) is 5.61. The molecule has 1 aliphatic rings. The van der Waals surface area contributed by atoms with Gasteiger partial charge < -0.3 is 14.5 Å². The number of hydrogen-bond acceptors (Lipinski definition) is 6. The average molecular weight is 349 g/mol. The molecule has 0 radical (unpaired) electrons. The fourth-order valence-electron chi connectivity index (χ4n) is 2.86. The number of amides is 1. The first kappa shape index (κ1) is 17.1. The molecule has 2 aromatic rings. The smallest absolute Gasteiger partial charge is 0.276 e. The molecule has 1 amide bonds. The summed E-state index contributed by atoms with van der Waals surface area (Å²) in [7, 11) is 1.78. The summed E-state index contributed by atoms with van der Waals surface area (Å²) in [6.45, 7) is 4.29. The number of aliphatic hydroxyl groups excluding tert-OH is 1. The Bertz CT molecular complexity index is 662. The molecule has 3 rings (SSSR count). The number of nitrogens with zero attached hydrogens (tertiary/aromatic N) is 3. The summed E-state index contributed by atoms with van der Waals surface area (Å²) >= 11 is 1.64. The summed E-state index contributed by atoms with van der Waals surface area (Å²) in [5.41, 5.74) is 0.341. The summed E-state index contributed by atoms with van der Waals surface area (Å²) in [6.07, 6.45) is 1.36. The maximum atomic E-state index is 12.6. The summed E-state index contributed by atoms with van der Waals surface area (Å²) in [6, 6.07) is 5.74. The maximum absolute atomic E-state index is 12.6. The van der Waals surface area contributed by atoms with Gasteiger partial charge in [0.1, 0.15) is 0 Å². The minimum atomic E-state index is -0.194. The van der Waals surface area contributed by atoms with Gasteiger partial charge in [-0.05, 0) is 31.2 Å². The summed E-state index contributed by atoms with van der Waals surface area (Å²) in [4.78, 5) is 17.6. The van der Waals surface area contributed by atoms with E-state index >= 15 is 0 Å². The van der Waals surface area contributed by atoms with E-state index < -0.39 is 0 Å². The van der Waals surface area contributed by atoms with Crippen LogP contribution < -0.4 is 0 Å². The summed E-state index contributed by atoms with van der Waals surface area (Å²) in [5.74, 6) is 0.548. The molecule has 1 N–H and O–H groups in total. The Morgan fingerprint density at radius 2 is 2.29 bits per heavy atom. The van der Waals surface area contributed by atoms with Gasteiger partial charge in [0.2, 0.25) is 0 Å². The number of aliphatic hydroxyl groups is 1. The first-order chi connectivity index (χ1) is 11.5. The van der Waals surface area contributed by atoms with E-state index in [0.29, 0.717) is 18.0 Å². The highest BCUT2D eigenvalue weighted by molar-refractivity contribution is 7.10. The van der Waals surface area contributed by atoms with E-state index in [0.717, 1.165) is 30.8 Å². The molecule has 130 valence electrons. The van der Waals surface area contributed by atoms with Gasteiger partial charge in [0.25, 0.3) is 5.91 Å². The molecular weight excluding hydrogens is 326 g/mol. The Morgan fingerprint density at radius 3 is 2.96 bits per heavy atom. The van der Waals surface area contributed by atoms with Crippen molar-refractivity contribution >= 4 is 17.2 Å². The largest absolute Gasteiger partial charge is 0.393 e. The van der Waals surface area contributed by atoms with E-state index in [9.17, 15) is 9.90 Å². The van der Waals surface area contributed by atoms with E-state index in [4.69, 9.17) is 4.52 Å². The highest BCUT2D eigenvalue weighted by Gasteiger charge is 2.24. The molecule has 1 aliphatic heterocycles. The molecule has 2 aromatic heterocycles. The third kappa shape index (κ3) is 3.85. The fourth-order valence-corrected chi connectivity index (χ4v) is 3.69. The van der Waals surface area contributed by atoms with Crippen molar-refractivity contribution in [3.63, 3.8) is 0 Å². The van der Waals surface area contributed by atoms with Gasteiger partial charge in [-0.1, -0.05) is 11.2 Å². The average Bonchev–Trinajstić information content (AvgIpc) is 3.26. The van der Waals surface area contributed by atoms with Gasteiger partial charge in [-0.25, -0.2) is 0 Å². The van der Waals surface area contributed by atoms with E-state index in [1.807, 2.05) is 24.4 Å². The molecule has 24 heavy (non-hydrogen) atoms. The van der Waals surface area contributed by atoms with E-state index in [1.165, 1.54) is 0 Å². The maximum Gasteiger partial charge on any atom is 0.276 e. The molecule has 1 atom stereocenters. The van der Waals surface area contributed by atoms with Crippen LogP contribution in [-0.2, 0) is 6.54 Å². The monoisotopic (exact) mass is 349 g/mol. The van der Waals surface area contributed by atoms with Crippen molar-refractivity contribution in [2.24, 2.45) is 0 Å². The molecule has 7 heteroatoms. The van der Waals surface area contributed by atoms with Gasteiger partial charge in [-0.3, -0.25) is 9.69 Å². The number of piperidine rings is 1. The number of aromatic nitrogens is 1. The van der Waals surface area contributed by atoms with Crippen LogP contribution in [0.1, 0.15) is 46.9 Å². The van der Waals surface area contributed by atoms with Crippen molar-refractivity contribution in [2.45, 2.75) is 38.5 Å². The van der Waals surface area contributed by atoms with Gasteiger partial charge in [0.05, 0.1) is 18.7 Å². The lowest BCUT2D eigenvalue weighted by atomic mass is 10.1. The van der Waals surface area contributed by atoms with E-state index in [2.05, 4.69) is 10.1 Å². The first-order valence-electron chi connectivity index (χ1n) is 8.21. The zero-order valence-corrected chi connectivity index (χ0v) is 14.8. The molecule has 3 heterocycles. The number of hydrogen-bond donors (Lipinski definition) is 1. The fraction of sp³-hybridized carbons (Fsp3) is 0.529. The molecule has 0 aromatic carbocycles. The minimum absolute atomic E-state index is 0.00114. The van der Waals surface area contributed by atoms with Crippen LogP contribution in [0.25, 0.3) is 0 Å². The van der Waals surface area contributed by atoms with Gasteiger partial charge in [0, 0.05) is 31.1 Å². The zero-order valence-electron chi connectivity index (χ0n) is 14.0. The van der Waals surface area contributed by atoms with E-state index in [1.54, 1.807) is 29.4 Å². The van der Waals surface area contributed by atoms with Crippen LogP contribution in [0.5, 0.6) is 0 Å². The molecule has 0 unspecified atom stereocenters. The van der Waals surface area contributed by atoms with Gasteiger partial charge in [0.15, 0.2) is 11.5 Å². The predicted molar refractivity (Wildman–Crippen MR) is 91.8 cm³/mol. The van der Waals surface area contributed by atoms with Crippen LogP contribution in [0.2, 0.25) is 0 Å². The number of carbonyl (C=O) groups is 1. The van der Waals surface area contributed by atoms with Crippen LogP contribution >= 0.6 is 11.3 Å². The summed E-state index contributed by atoms with van der Waals surface area (Å²) in [5, 5.41) is 15.5. The molecule has 0 aliphatic carbocycles. The number of thiophene rings is 1. The molecule has 6 nitrogen and oxygen atoms in total.